The van der Waals surface area contributed by atoms with Crippen LogP contribution in [0.3, 0.4) is 0 Å². The van der Waals surface area contributed by atoms with Gasteiger partial charge in [-0.15, -0.1) is 0 Å². The van der Waals surface area contributed by atoms with Crippen LogP contribution >= 0.6 is 0 Å². The van der Waals surface area contributed by atoms with Crippen molar-refractivity contribution in [2.24, 2.45) is 0 Å². The fourth-order valence-corrected chi connectivity index (χ4v) is 3.73. The summed E-state index contributed by atoms with van der Waals surface area (Å²) in [5.41, 5.74) is -0.523. The Kier molecular flexibility index (Phi) is 11.1. The van der Waals surface area contributed by atoms with Crippen molar-refractivity contribution < 1.29 is 29.0 Å². The normalized spacial score (nSPS) is 18.9. The van der Waals surface area contributed by atoms with Crippen LogP contribution in [-0.4, -0.2) is 47.5 Å². The van der Waals surface area contributed by atoms with Gasteiger partial charge in [0.15, 0.2) is 0 Å². The van der Waals surface area contributed by atoms with Crippen molar-refractivity contribution in [1.29, 1.82) is 0 Å². The van der Waals surface area contributed by atoms with Gasteiger partial charge in [-0.2, -0.15) is 0 Å². The van der Waals surface area contributed by atoms with E-state index < -0.39 is 22.7 Å². The van der Waals surface area contributed by atoms with Crippen LogP contribution in [0.5, 0.6) is 5.75 Å². The molecule has 0 aromatic heterocycles. The summed E-state index contributed by atoms with van der Waals surface area (Å²) < 4.78 is 17.2. The summed E-state index contributed by atoms with van der Waals surface area (Å²) in [5.74, 6) is 2.63. The van der Waals surface area contributed by atoms with Crippen LogP contribution in [0.25, 0.3) is 0 Å². The summed E-state index contributed by atoms with van der Waals surface area (Å²) in [7, 11) is 0. The zero-order valence-electron chi connectivity index (χ0n) is 20.2. The Hall–Kier alpha value is -2.87. The monoisotopic (exact) mass is 476 g/mol. The van der Waals surface area contributed by atoms with Gasteiger partial charge in [0.25, 0.3) is 5.69 Å². The van der Waals surface area contributed by atoms with E-state index in [2.05, 4.69) is 12.2 Å². The van der Waals surface area contributed by atoms with E-state index in [-0.39, 0.29) is 18.9 Å². The van der Waals surface area contributed by atoms with Crippen LogP contribution in [0.1, 0.15) is 70.9 Å². The molecule has 188 valence electrons. The zero-order valence-corrected chi connectivity index (χ0v) is 20.2. The molecule has 0 saturated heterocycles. The molecule has 0 unspecified atom stereocenters. The second-order valence-electron chi connectivity index (χ2n) is 8.84. The molecule has 0 saturated carbocycles. The van der Waals surface area contributed by atoms with Gasteiger partial charge in [-0.1, -0.05) is 39.0 Å². The van der Waals surface area contributed by atoms with Crippen molar-refractivity contribution >= 4 is 11.6 Å². The standard InChI is InChI=1S/C25H36N2O7/c1-4-5-6-7-8-9-15-33-20(18-32-14-10-13-28)17-26-23-21-16-19(27(30)31)11-12-22(21)34-25(2,3)24(23)29/h10-12,16-17,23-24,26,29H,4-9,14-15,18H2,1-3H3/b20-17+/t23-,24+/m1/s1. The molecular formula is C25H36N2O7. The van der Waals surface area contributed by atoms with Crippen LogP contribution in [-0.2, 0) is 14.3 Å². The number of aliphatic hydroxyl groups excluding tert-OH is 1. The van der Waals surface area contributed by atoms with E-state index >= 15 is 0 Å². The number of aliphatic hydroxyl groups is 1. The number of unbranched alkanes of at least 4 members (excludes halogenated alkanes) is 5. The van der Waals surface area contributed by atoms with E-state index in [9.17, 15) is 20.0 Å². The van der Waals surface area contributed by atoms with Gasteiger partial charge in [-0.25, -0.2) is 4.79 Å². The molecule has 9 nitrogen and oxygen atoms in total. The quantitative estimate of drug-likeness (QED) is 0.126. The highest BCUT2D eigenvalue weighted by Crippen LogP contribution is 2.41. The second kappa shape index (κ2) is 13.7. The highest BCUT2D eigenvalue weighted by atomic mass is 16.6. The second-order valence-corrected chi connectivity index (χ2v) is 8.84. The lowest BCUT2D eigenvalue weighted by molar-refractivity contribution is -0.385. The highest BCUT2D eigenvalue weighted by molar-refractivity contribution is 5.48. The van der Waals surface area contributed by atoms with Gasteiger partial charge in [-0.3, -0.25) is 10.1 Å². The van der Waals surface area contributed by atoms with Crippen LogP contribution < -0.4 is 10.1 Å². The third-order valence-corrected chi connectivity index (χ3v) is 5.68. The molecule has 0 spiro atoms. The van der Waals surface area contributed by atoms with E-state index in [4.69, 9.17) is 14.2 Å². The summed E-state index contributed by atoms with van der Waals surface area (Å²) in [5, 5.41) is 25.4. The summed E-state index contributed by atoms with van der Waals surface area (Å²) in [6.07, 6.45) is 8.63. The zero-order chi connectivity index (χ0) is 25.0. The average molecular weight is 477 g/mol. The molecular weight excluding hydrogens is 440 g/mol. The third kappa shape index (κ3) is 8.17. The maximum absolute atomic E-state index is 11.3. The average Bonchev–Trinajstić information content (AvgIpc) is 2.80. The Bertz CT molecular complexity index is 878. The van der Waals surface area contributed by atoms with E-state index in [1.807, 2.05) is 0 Å². The molecule has 2 rings (SSSR count). The smallest absolute Gasteiger partial charge is 0.270 e. The van der Waals surface area contributed by atoms with Gasteiger partial charge < -0.3 is 24.6 Å². The van der Waals surface area contributed by atoms with Crippen molar-refractivity contribution in [3.8, 4) is 5.75 Å². The molecule has 0 bridgehead atoms. The van der Waals surface area contributed by atoms with Crippen molar-refractivity contribution in [2.75, 3.05) is 19.8 Å². The van der Waals surface area contributed by atoms with Crippen LogP contribution in [0.15, 0.2) is 36.2 Å². The number of ether oxygens (including phenoxy) is 3. The number of nitro benzene ring substituents is 1. The number of fused-ring (bicyclic) bond motifs is 1. The minimum atomic E-state index is -0.989. The number of hydrogen-bond donors (Lipinski definition) is 2. The molecule has 2 N–H and O–H groups in total. The fraction of sp³-hybridized carbons (Fsp3) is 0.600. The number of nitrogens with zero attached hydrogens (tertiary/aromatic N) is 1. The van der Waals surface area contributed by atoms with Gasteiger partial charge in [0.1, 0.15) is 35.8 Å². The Morgan fingerprint density at radius 3 is 2.74 bits per heavy atom. The molecule has 1 aliphatic heterocycles. The molecule has 9 heteroatoms. The third-order valence-electron chi connectivity index (χ3n) is 5.68. The Morgan fingerprint density at radius 2 is 2.03 bits per heavy atom. The lowest BCUT2D eigenvalue weighted by atomic mass is 9.86. The molecule has 0 amide bonds. The van der Waals surface area contributed by atoms with Gasteiger partial charge in [-0.05, 0) is 26.3 Å². The molecule has 0 fully saturated rings. The van der Waals surface area contributed by atoms with Crippen molar-refractivity contribution in [1.82, 2.24) is 5.32 Å². The topological polar surface area (TPSA) is 120 Å². The van der Waals surface area contributed by atoms with Crippen LogP contribution in [0.4, 0.5) is 5.69 Å². The summed E-state index contributed by atoms with van der Waals surface area (Å²) >= 11 is 0. The highest BCUT2D eigenvalue weighted by Gasteiger charge is 2.43. The fourth-order valence-electron chi connectivity index (χ4n) is 3.73. The van der Waals surface area contributed by atoms with Gasteiger partial charge >= 0.3 is 0 Å². The van der Waals surface area contributed by atoms with E-state index in [1.54, 1.807) is 32.1 Å². The van der Waals surface area contributed by atoms with E-state index in [0.29, 0.717) is 23.7 Å². The summed E-state index contributed by atoms with van der Waals surface area (Å²) in [6, 6.07) is 3.66. The molecule has 2 atom stereocenters. The number of hydrogen-bond acceptors (Lipinski definition) is 8. The number of non-ortho nitro benzene ring substituents is 1. The predicted octanol–water partition coefficient (Wildman–Crippen LogP) is 4.38. The Balaban J connectivity index is 2.14. The van der Waals surface area contributed by atoms with Gasteiger partial charge in [0, 0.05) is 30.0 Å². The van der Waals surface area contributed by atoms with E-state index in [1.165, 1.54) is 37.5 Å². The maximum atomic E-state index is 11.3. The molecule has 34 heavy (non-hydrogen) atoms. The van der Waals surface area contributed by atoms with Crippen LogP contribution in [0, 0.1) is 10.1 Å². The van der Waals surface area contributed by atoms with E-state index in [0.717, 1.165) is 19.3 Å². The summed E-state index contributed by atoms with van der Waals surface area (Å²) in [4.78, 5) is 21.2. The van der Waals surface area contributed by atoms with Crippen LogP contribution in [0.2, 0.25) is 0 Å². The van der Waals surface area contributed by atoms with Gasteiger partial charge in [0.05, 0.1) is 24.2 Å². The minimum Gasteiger partial charge on any atom is -0.494 e. The lowest BCUT2D eigenvalue weighted by Crippen LogP contribution is -2.51. The number of benzene rings is 1. The van der Waals surface area contributed by atoms with Crippen molar-refractivity contribution in [3.63, 3.8) is 0 Å². The predicted molar refractivity (Wildman–Crippen MR) is 128 cm³/mol. The summed E-state index contributed by atoms with van der Waals surface area (Å²) in [6.45, 7) is 6.42. The first-order valence-electron chi connectivity index (χ1n) is 11.8. The number of rotatable bonds is 15. The molecule has 0 aliphatic carbocycles. The number of nitrogens with one attached hydrogen (secondary N) is 1. The maximum Gasteiger partial charge on any atom is 0.270 e. The largest absolute Gasteiger partial charge is 0.494 e. The SMILES string of the molecule is CCCCCCCCO/C(=C/N[C@@H]1c2cc([N+](=O)[O-])ccc2OC(C)(C)[C@H]1O)COCC=C=O. The number of carbonyl (C=O) groups excluding carboxylic acids is 1. The molecule has 1 aromatic carbocycles. The first-order chi connectivity index (χ1) is 16.3. The molecule has 1 heterocycles. The van der Waals surface area contributed by atoms with Gasteiger partial charge in [0.2, 0.25) is 0 Å². The molecule has 1 aliphatic rings. The van der Waals surface area contributed by atoms with Crippen molar-refractivity contribution in [2.45, 2.75) is 77.0 Å². The van der Waals surface area contributed by atoms with Crippen molar-refractivity contribution in [3.05, 3.63) is 51.9 Å². The minimum absolute atomic E-state index is 0.0893. The first kappa shape index (κ1) is 27.4. The Labute approximate surface area is 200 Å². The molecule has 1 aromatic rings. The number of nitro groups is 1. The lowest BCUT2D eigenvalue weighted by Gasteiger charge is -2.42. The first-order valence-corrected chi connectivity index (χ1v) is 11.8. The molecule has 0 radical (unpaired) electrons. The Morgan fingerprint density at radius 1 is 1.29 bits per heavy atom.